The lowest BCUT2D eigenvalue weighted by Gasteiger charge is -2.08. The van der Waals surface area contributed by atoms with E-state index in [1.165, 1.54) is 35.6 Å². The highest BCUT2D eigenvalue weighted by molar-refractivity contribution is 7.89. The molecule has 3 aromatic rings. The maximum atomic E-state index is 12.3. The van der Waals surface area contributed by atoms with Gasteiger partial charge >= 0.3 is 5.97 Å². The minimum absolute atomic E-state index is 0.0412. The summed E-state index contributed by atoms with van der Waals surface area (Å²) in [6.45, 7) is -0.859. The van der Waals surface area contributed by atoms with Crippen molar-refractivity contribution in [1.29, 1.82) is 0 Å². The van der Waals surface area contributed by atoms with Crippen molar-refractivity contribution in [2.24, 2.45) is 5.14 Å². The molecule has 9 nitrogen and oxygen atoms in total. The van der Waals surface area contributed by atoms with E-state index in [9.17, 15) is 22.8 Å². The minimum Gasteiger partial charge on any atom is -0.454 e. The van der Waals surface area contributed by atoms with Gasteiger partial charge in [0.05, 0.1) is 9.92 Å². The summed E-state index contributed by atoms with van der Waals surface area (Å²) < 4.78 is 28.1. The van der Waals surface area contributed by atoms with Crippen molar-refractivity contribution in [1.82, 2.24) is 10.6 Å². The largest absolute Gasteiger partial charge is 0.454 e. The highest BCUT2D eigenvalue weighted by atomic mass is 35.5. The number of rotatable bonds is 8. The SMILES string of the molecule is NS(=O)(=O)c1ccc(CNC(=O)COC(=O)CNC(=O)c2sc3ccccc3c2Cl)cc1. The molecule has 0 radical (unpaired) electrons. The quantitative estimate of drug-likeness (QED) is 0.406. The summed E-state index contributed by atoms with van der Waals surface area (Å²) in [5, 5.41) is 11.0. The average Bonchev–Trinajstić information content (AvgIpc) is 3.11. The van der Waals surface area contributed by atoms with Gasteiger partial charge in [-0.1, -0.05) is 41.9 Å². The standard InChI is InChI=1S/C20H18ClN3O6S2/c21-18-14-3-1-2-4-15(14)31-19(18)20(27)24-10-17(26)30-11-16(25)23-9-12-5-7-13(8-6-12)32(22,28)29/h1-8H,9-11H2,(H,23,25)(H,24,27)(H2,22,28,29). The van der Waals surface area contributed by atoms with Crippen LogP contribution in [0.3, 0.4) is 0 Å². The summed E-state index contributed by atoms with van der Waals surface area (Å²) in [5.41, 5.74) is 0.629. The van der Waals surface area contributed by atoms with E-state index in [0.29, 0.717) is 10.6 Å². The molecule has 0 saturated carbocycles. The molecule has 3 rings (SSSR count). The van der Waals surface area contributed by atoms with Crippen molar-refractivity contribution in [3.63, 3.8) is 0 Å². The maximum absolute atomic E-state index is 12.3. The number of primary sulfonamides is 1. The van der Waals surface area contributed by atoms with Gasteiger partial charge in [0.25, 0.3) is 11.8 Å². The molecule has 0 aliphatic carbocycles. The molecule has 32 heavy (non-hydrogen) atoms. The summed E-state index contributed by atoms with van der Waals surface area (Å²) in [4.78, 5) is 36.2. The van der Waals surface area contributed by atoms with E-state index in [2.05, 4.69) is 10.6 Å². The van der Waals surface area contributed by atoms with Crippen molar-refractivity contribution in [2.45, 2.75) is 11.4 Å². The van der Waals surface area contributed by atoms with Gasteiger partial charge in [0.15, 0.2) is 6.61 Å². The first-order valence-corrected chi connectivity index (χ1v) is 11.9. The predicted octanol–water partition coefficient (Wildman–Crippen LogP) is 1.79. The molecule has 0 bridgehead atoms. The van der Waals surface area contributed by atoms with Crippen molar-refractivity contribution in [3.05, 3.63) is 64.0 Å². The fourth-order valence-electron chi connectivity index (χ4n) is 2.64. The number of carbonyl (C=O) groups is 3. The lowest BCUT2D eigenvalue weighted by molar-refractivity contribution is -0.147. The summed E-state index contributed by atoms with van der Waals surface area (Å²) in [5.74, 6) is -1.86. The van der Waals surface area contributed by atoms with E-state index < -0.39 is 41.0 Å². The number of nitrogens with one attached hydrogen (secondary N) is 2. The third-order valence-corrected chi connectivity index (χ3v) is 6.84. The molecule has 1 heterocycles. The number of nitrogens with two attached hydrogens (primary N) is 1. The van der Waals surface area contributed by atoms with E-state index >= 15 is 0 Å². The van der Waals surface area contributed by atoms with Crippen LogP contribution in [-0.2, 0) is 30.9 Å². The summed E-state index contributed by atoms with van der Waals surface area (Å²) in [6.07, 6.45) is 0. The van der Waals surface area contributed by atoms with Crippen LogP contribution in [0.1, 0.15) is 15.2 Å². The van der Waals surface area contributed by atoms with Crippen LogP contribution in [0.15, 0.2) is 53.4 Å². The second kappa shape index (κ2) is 10.1. The summed E-state index contributed by atoms with van der Waals surface area (Å²) >= 11 is 7.44. The highest BCUT2D eigenvalue weighted by Crippen LogP contribution is 2.34. The Balaban J connectivity index is 1.42. The number of hydrogen-bond donors (Lipinski definition) is 3. The fourth-order valence-corrected chi connectivity index (χ4v) is 4.59. The molecule has 168 valence electrons. The monoisotopic (exact) mass is 495 g/mol. The first-order chi connectivity index (χ1) is 15.1. The van der Waals surface area contributed by atoms with Gasteiger partial charge in [-0.15, -0.1) is 11.3 Å². The van der Waals surface area contributed by atoms with E-state index in [0.717, 1.165) is 10.1 Å². The smallest absolute Gasteiger partial charge is 0.325 e. The van der Waals surface area contributed by atoms with Crippen LogP contribution in [0.5, 0.6) is 0 Å². The van der Waals surface area contributed by atoms with Gasteiger partial charge in [-0.3, -0.25) is 14.4 Å². The van der Waals surface area contributed by atoms with Gasteiger partial charge in [-0.2, -0.15) is 0 Å². The Labute approximate surface area is 192 Å². The predicted molar refractivity (Wildman–Crippen MR) is 120 cm³/mol. The van der Waals surface area contributed by atoms with Crippen molar-refractivity contribution in [2.75, 3.05) is 13.2 Å². The summed E-state index contributed by atoms with van der Waals surface area (Å²) in [6, 6.07) is 12.9. The lowest BCUT2D eigenvalue weighted by Crippen LogP contribution is -2.33. The molecule has 0 fully saturated rings. The van der Waals surface area contributed by atoms with Gasteiger partial charge in [0, 0.05) is 16.6 Å². The summed E-state index contributed by atoms with van der Waals surface area (Å²) in [7, 11) is -3.79. The first-order valence-electron chi connectivity index (χ1n) is 9.14. The van der Waals surface area contributed by atoms with E-state index in [1.54, 1.807) is 6.07 Å². The van der Waals surface area contributed by atoms with Gasteiger partial charge in [-0.25, -0.2) is 13.6 Å². The zero-order chi connectivity index (χ0) is 23.3. The average molecular weight is 496 g/mol. The van der Waals surface area contributed by atoms with Gasteiger partial charge < -0.3 is 15.4 Å². The molecule has 0 spiro atoms. The number of thiophene rings is 1. The topological polar surface area (TPSA) is 145 Å². The van der Waals surface area contributed by atoms with Crippen molar-refractivity contribution in [3.8, 4) is 0 Å². The Morgan fingerprint density at radius 2 is 1.72 bits per heavy atom. The number of carbonyl (C=O) groups excluding carboxylic acids is 3. The molecule has 1 aromatic heterocycles. The van der Waals surface area contributed by atoms with Crippen LogP contribution in [0.4, 0.5) is 0 Å². The molecule has 0 aliphatic rings. The van der Waals surface area contributed by atoms with Crippen LogP contribution in [0, 0.1) is 0 Å². The van der Waals surface area contributed by atoms with Crippen LogP contribution in [-0.4, -0.2) is 39.4 Å². The number of sulfonamides is 1. The Kier molecular flexibility index (Phi) is 7.46. The molecule has 0 aliphatic heterocycles. The molecule has 0 unspecified atom stereocenters. The number of hydrogen-bond acceptors (Lipinski definition) is 7. The Morgan fingerprint density at radius 3 is 2.38 bits per heavy atom. The second-order valence-corrected chi connectivity index (χ2v) is 9.54. The molecule has 12 heteroatoms. The third kappa shape index (κ3) is 6.04. The zero-order valence-electron chi connectivity index (χ0n) is 16.5. The van der Waals surface area contributed by atoms with Crippen LogP contribution >= 0.6 is 22.9 Å². The number of fused-ring (bicyclic) bond motifs is 1. The van der Waals surface area contributed by atoms with E-state index in [1.807, 2.05) is 18.2 Å². The normalized spacial score (nSPS) is 11.2. The molecular formula is C20H18ClN3O6S2. The Bertz CT molecular complexity index is 1270. The fraction of sp³-hybridized carbons (Fsp3) is 0.150. The van der Waals surface area contributed by atoms with Crippen molar-refractivity contribution < 1.29 is 27.5 Å². The number of amides is 2. The number of esters is 1. The van der Waals surface area contributed by atoms with Crippen LogP contribution in [0.2, 0.25) is 5.02 Å². The second-order valence-electron chi connectivity index (χ2n) is 6.55. The Hall–Kier alpha value is -2.99. The zero-order valence-corrected chi connectivity index (χ0v) is 18.9. The molecule has 4 N–H and O–H groups in total. The highest BCUT2D eigenvalue weighted by Gasteiger charge is 2.18. The van der Waals surface area contributed by atoms with Gasteiger partial charge in [-0.05, 0) is 23.8 Å². The molecule has 0 atom stereocenters. The minimum atomic E-state index is -3.79. The molecular weight excluding hydrogens is 478 g/mol. The number of benzene rings is 2. The molecule has 2 aromatic carbocycles. The van der Waals surface area contributed by atoms with Crippen LogP contribution < -0.4 is 15.8 Å². The van der Waals surface area contributed by atoms with E-state index in [4.69, 9.17) is 21.5 Å². The molecule has 2 amide bonds. The number of halogens is 1. The first kappa shape index (κ1) is 23.7. The lowest BCUT2D eigenvalue weighted by atomic mass is 10.2. The van der Waals surface area contributed by atoms with Gasteiger partial charge in [0.2, 0.25) is 10.0 Å². The van der Waals surface area contributed by atoms with E-state index in [-0.39, 0.29) is 16.3 Å². The van der Waals surface area contributed by atoms with Crippen molar-refractivity contribution >= 4 is 60.8 Å². The maximum Gasteiger partial charge on any atom is 0.325 e. The number of ether oxygens (including phenoxy) is 1. The van der Waals surface area contributed by atoms with Gasteiger partial charge in [0.1, 0.15) is 11.4 Å². The third-order valence-electron chi connectivity index (χ3n) is 4.24. The van der Waals surface area contributed by atoms with Crippen LogP contribution in [0.25, 0.3) is 10.1 Å². The Morgan fingerprint density at radius 1 is 1.03 bits per heavy atom. The molecule has 0 saturated heterocycles.